The monoisotopic (exact) mass is 341 g/mol. The number of anilines is 1. The van der Waals surface area contributed by atoms with Gasteiger partial charge >= 0.3 is 0 Å². The van der Waals surface area contributed by atoms with Crippen LogP contribution in [0, 0.1) is 10.1 Å². The molecule has 2 aromatic rings. The number of aliphatic hydroxyl groups is 1. The van der Waals surface area contributed by atoms with Crippen LogP contribution < -0.4 is 10.2 Å². The lowest BCUT2D eigenvalue weighted by Gasteiger charge is -2.21. The lowest BCUT2D eigenvalue weighted by atomic mass is 10.1. The van der Waals surface area contributed by atoms with Gasteiger partial charge in [-0.1, -0.05) is 36.4 Å². The summed E-state index contributed by atoms with van der Waals surface area (Å²) < 4.78 is 0. The first kappa shape index (κ1) is 17.1. The zero-order valence-electron chi connectivity index (χ0n) is 13.6. The fourth-order valence-corrected chi connectivity index (χ4v) is 3.02. The number of carbonyl (C=O) groups excluding carboxylic acids is 1. The van der Waals surface area contributed by atoms with Crippen molar-refractivity contribution in [2.45, 2.75) is 12.5 Å². The highest BCUT2D eigenvalue weighted by Gasteiger charge is 2.27. The van der Waals surface area contributed by atoms with E-state index in [1.165, 1.54) is 12.1 Å². The van der Waals surface area contributed by atoms with Crippen LogP contribution in [0.25, 0.3) is 0 Å². The van der Waals surface area contributed by atoms with Crippen molar-refractivity contribution in [2.75, 3.05) is 24.6 Å². The molecule has 130 valence electrons. The van der Waals surface area contributed by atoms with Crippen LogP contribution in [0.1, 0.15) is 17.2 Å². The van der Waals surface area contributed by atoms with Crippen molar-refractivity contribution in [1.29, 1.82) is 0 Å². The van der Waals surface area contributed by atoms with Crippen LogP contribution in [0.2, 0.25) is 0 Å². The number of benzene rings is 2. The molecule has 0 bridgehead atoms. The van der Waals surface area contributed by atoms with Crippen LogP contribution >= 0.6 is 0 Å². The lowest BCUT2D eigenvalue weighted by Crippen LogP contribution is -2.39. The summed E-state index contributed by atoms with van der Waals surface area (Å²) in [5.41, 5.74) is 2.40. The van der Waals surface area contributed by atoms with Gasteiger partial charge in [-0.2, -0.15) is 0 Å². The number of aliphatic hydroxyl groups excluding tert-OH is 1. The van der Waals surface area contributed by atoms with Gasteiger partial charge < -0.3 is 10.0 Å². The smallest absolute Gasteiger partial charge is 0.271 e. The number of hydrogen-bond acceptors (Lipinski definition) is 5. The molecule has 1 heterocycles. The topological polar surface area (TPSA) is 95.7 Å². The Hall–Kier alpha value is -2.77. The van der Waals surface area contributed by atoms with Crippen molar-refractivity contribution in [2.24, 2.45) is 0 Å². The van der Waals surface area contributed by atoms with Gasteiger partial charge in [-0.15, -0.1) is 0 Å². The Bertz CT molecular complexity index is 779. The van der Waals surface area contributed by atoms with Gasteiger partial charge in [0.05, 0.1) is 29.8 Å². The van der Waals surface area contributed by atoms with Crippen molar-refractivity contribution >= 4 is 17.3 Å². The minimum atomic E-state index is -0.462. The summed E-state index contributed by atoms with van der Waals surface area (Å²) in [6, 6.07) is 13.7. The standard InChI is InChI=1S/C18H19N3O4/c22-12-16(13-4-2-1-3-5-13)19-11-18(23)20-9-8-14-6-7-15(21(24)25)10-17(14)20/h1-7,10,16,19,22H,8-9,11-12H2. The molecule has 7 heteroatoms. The Balaban J connectivity index is 1.69. The van der Waals surface area contributed by atoms with E-state index in [0.717, 1.165) is 11.1 Å². The van der Waals surface area contributed by atoms with Gasteiger partial charge in [0.25, 0.3) is 5.69 Å². The zero-order chi connectivity index (χ0) is 17.8. The summed E-state index contributed by atoms with van der Waals surface area (Å²) >= 11 is 0. The largest absolute Gasteiger partial charge is 0.394 e. The molecule has 0 aliphatic carbocycles. The number of non-ortho nitro benzene ring substituents is 1. The maximum absolute atomic E-state index is 12.6. The van der Waals surface area contributed by atoms with E-state index in [-0.39, 0.29) is 30.8 Å². The van der Waals surface area contributed by atoms with E-state index >= 15 is 0 Å². The van der Waals surface area contributed by atoms with Crippen LogP contribution in [0.3, 0.4) is 0 Å². The molecule has 2 N–H and O–H groups in total. The molecular formula is C18H19N3O4. The van der Waals surface area contributed by atoms with Crippen LogP contribution in [0.5, 0.6) is 0 Å². The van der Waals surface area contributed by atoms with Gasteiger partial charge in [0.1, 0.15) is 0 Å². The van der Waals surface area contributed by atoms with Crippen LogP contribution in [0.15, 0.2) is 48.5 Å². The molecule has 1 aliphatic rings. The van der Waals surface area contributed by atoms with E-state index in [1.807, 2.05) is 30.3 Å². The summed E-state index contributed by atoms with van der Waals surface area (Å²) in [6.07, 6.45) is 0.682. The van der Waals surface area contributed by atoms with Crippen molar-refractivity contribution in [3.05, 3.63) is 69.8 Å². The third kappa shape index (κ3) is 3.67. The first-order chi connectivity index (χ1) is 12.1. The highest BCUT2D eigenvalue weighted by Crippen LogP contribution is 2.31. The fraction of sp³-hybridized carbons (Fsp3) is 0.278. The van der Waals surface area contributed by atoms with Gasteiger partial charge in [-0.25, -0.2) is 0 Å². The Morgan fingerprint density at radius 3 is 2.72 bits per heavy atom. The molecule has 0 aromatic heterocycles. The normalized spacial score (nSPS) is 14.2. The van der Waals surface area contributed by atoms with Crippen LogP contribution in [0.4, 0.5) is 11.4 Å². The first-order valence-electron chi connectivity index (χ1n) is 8.07. The molecule has 3 rings (SSSR count). The average molecular weight is 341 g/mol. The molecule has 0 saturated carbocycles. The van der Waals surface area contributed by atoms with Gasteiger partial charge in [0, 0.05) is 18.7 Å². The molecule has 1 unspecified atom stereocenters. The van der Waals surface area contributed by atoms with E-state index < -0.39 is 4.92 Å². The van der Waals surface area contributed by atoms with Crippen molar-refractivity contribution < 1.29 is 14.8 Å². The second kappa shape index (κ2) is 7.42. The molecule has 1 atom stereocenters. The maximum atomic E-state index is 12.6. The maximum Gasteiger partial charge on any atom is 0.271 e. The SMILES string of the molecule is O=C(CNC(CO)c1ccccc1)N1CCc2ccc([N+](=O)[O-])cc21. The minimum absolute atomic E-state index is 0.0241. The van der Waals surface area contributed by atoms with Gasteiger partial charge in [-0.3, -0.25) is 20.2 Å². The second-order valence-electron chi connectivity index (χ2n) is 5.89. The van der Waals surface area contributed by atoms with Crippen LogP contribution in [-0.4, -0.2) is 35.6 Å². The third-order valence-corrected chi connectivity index (χ3v) is 4.36. The fourth-order valence-electron chi connectivity index (χ4n) is 3.02. The van der Waals surface area contributed by atoms with Crippen LogP contribution in [-0.2, 0) is 11.2 Å². The molecule has 2 aromatic carbocycles. The Kier molecular flexibility index (Phi) is 5.06. The van der Waals surface area contributed by atoms with E-state index in [1.54, 1.807) is 11.0 Å². The molecule has 0 spiro atoms. The molecule has 1 amide bonds. The molecule has 25 heavy (non-hydrogen) atoms. The van der Waals surface area contributed by atoms with Crippen molar-refractivity contribution in [3.8, 4) is 0 Å². The Morgan fingerprint density at radius 1 is 1.28 bits per heavy atom. The molecule has 0 fully saturated rings. The first-order valence-corrected chi connectivity index (χ1v) is 8.07. The predicted molar refractivity (Wildman–Crippen MR) is 93.4 cm³/mol. The number of amides is 1. The number of rotatable bonds is 6. The molecular weight excluding hydrogens is 322 g/mol. The third-order valence-electron chi connectivity index (χ3n) is 4.36. The Morgan fingerprint density at radius 2 is 2.04 bits per heavy atom. The number of carbonyl (C=O) groups is 1. The van der Waals surface area contributed by atoms with E-state index in [9.17, 15) is 20.0 Å². The summed E-state index contributed by atoms with van der Waals surface area (Å²) in [6.45, 7) is 0.424. The highest BCUT2D eigenvalue weighted by atomic mass is 16.6. The van der Waals surface area contributed by atoms with E-state index in [0.29, 0.717) is 18.7 Å². The number of nitro groups is 1. The minimum Gasteiger partial charge on any atom is -0.394 e. The number of nitrogens with one attached hydrogen (secondary N) is 1. The van der Waals surface area contributed by atoms with Gasteiger partial charge in [0.2, 0.25) is 5.91 Å². The zero-order valence-corrected chi connectivity index (χ0v) is 13.6. The number of hydrogen-bond donors (Lipinski definition) is 2. The number of nitro benzene ring substituents is 1. The lowest BCUT2D eigenvalue weighted by molar-refractivity contribution is -0.384. The number of fused-ring (bicyclic) bond motifs is 1. The quantitative estimate of drug-likeness (QED) is 0.617. The van der Waals surface area contributed by atoms with E-state index in [2.05, 4.69) is 5.32 Å². The van der Waals surface area contributed by atoms with Crippen molar-refractivity contribution in [1.82, 2.24) is 5.32 Å². The van der Waals surface area contributed by atoms with Gasteiger partial charge in [-0.05, 0) is 17.5 Å². The van der Waals surface area contributed by atoms with Gasteiger partial charge in [0.15, 0.2) is 0 Å². The highest BCUT2D eigenvalue weighted by molar-refractivity contribution is 5.97. The second-order valence-corrected chi connectivity index (χ2v) is 5.89. The average Bonchev–Trinajstić information content (AvgIpc) is 3.06. The Labute approximate surface area is 145 Å². The molecule has 7 nitrogen and oxygen atoms in total. The predicted octanol–water partition coefficient (Wildman–Crippen LogP) is 1.81. The molecule has 0 saturated heterocycles. The summed E-state index contributed by atoms with van der Waals surface area (Å²) in [7, 11) is 0. The number of nitrogens with zero attached hydrogens (tertiary/aromatic N) is 2. The molecule has 1 aliphatic heterocycles. The summed E-state index contributed by atoms with van der Waals surface area (Å²) in [5.74, 6) is -0.173. The summed E-state index contributed by atoms with van der Waals surface area (Å²) in [4.78, 5) is 24.6. The molecule has 0 radical (unpaired) electrons. The van der Waals surface area contributed by atoms with E-state index in [4.69, 9.17) is 0 Å². The van der Waals surface area contributed by atoms with Crippen molar-refractivity contribution in [3.63, 3.8) is 0 Å². The summed E-state index contributed by atoms with van der Waals surface area (Å²) in [5, 5.41) is 23.6.